The van der Waals surface area contributed by atoms with Gasteiger partial charge in [-0.2, -0.15) is 0 Å². The molecule has 2 amide bonds. The van der Waals surface area contributed by atoms with E-state index in [1.807, 2.05) is 33.8 Å². The van der Waals surface area contributed by atoms with Crippen LogP contribution >= 0.6 is 0 Å². The molecule has 7 nitrogen and oxygen atoms in total. The van der Waals surface area contributed by atoms with Gasteiger partial charge in [0, 0.05) is 18.9 Å². The second-order valence-electron chi connectivity index (χ2n) is 7.24. The molecule has 0 saturated carbocycles. The quantitative estimate of drug-likeness (QED) is 0.574. The van der Waals surface area contributed by atoms with Crippen LogP contribution in [-0.2, 0) is 11.3 Å². The van der Waals surface area contributed by atoms with Crippen molar-refractivity contribution >= 4 is 12.0 Å². The molecule has 1 aromatic heterocycles. The average Bonchev–Trinajstić information content (AvgIpc) is 2.55. The van der Waals surface area contributed by atoms with Crippen LogP contribution in [0, 0.1) is 5.41 Å². The molecule has 25 heavy (non-hydrogen) atoms. The molecule has 0 spiro atoms. The van der Waals surface area contributed by atoms with Crippen LogP contribution in [0.4, 0.5) is 4.79 Å². The number of carbonyl (C=O) groups is 2. The molecule has 0 aromatic carbocycles. The van der Waals surface area contributed by atoms with Gasteiger partial charge in [0.15, 0.2) is 6.10 Å². The summed E-state index contributed by atoms with van der Waals surface area (Å²) in [5, 5.41) is 25.2. The van der Waals surface area contributed by atoms with Crippen LogP contribution in [-0.4, -0.2) is 38.8 Å². The Morgan fingerprint density at radius 2 is 2.00 bits per heavy atom. The highest BCUT2D eigenvalue weighted by molar-refractivity contribution is 5.83. The molecule has 0 aliphatic heterocycles. The Hall–Kier alpha value is -2.15. The number of carbonyl (C=O) groups excluding carboxylic acids is 1. The van der Waals surface area contributed by atoms with E-state index in [1.54, 1.807) is 18.5 Å². The number of carboxylic acid groups (broad SMARTS) is 1. The van der Waals surface area contributed by atoms with Gasteiger partial charge in [-0.05, 0) is 23.5 Å². The minimum absolute atomic E-state index is 0.213. The largest absolute Gasteiger partial charge is 0.465 e. The van der Waals surface area contributed by atoms with Crippen molar-refractivity contribution in [2.24, 2.45) is 5.41 Å². The van der Waals surface area contributed by atoms with Crippen molar-refractivity contribution in [3.8, 4) is 0 Å². The average molecular weight is 351 g/mol. The summed E-state index contributed by atoms with van der Waals surface area (Å²) in [6.07, 6.45) is 2.36. The smallest absolute Gasteiger partial charge is 0.405 e. The second-order valence-corrected chi connectivity index (χ2v) is 7.24. The van der Waals surface area contributed by atoms with Crippen LogP contribution in [0.1, 0.15) is 52.5 Å². The number of rotatable bonds is 8. The lowest BCUT2D eigenvalue weighted by Crippen LogP contribution is -2.67. The van der Waals surface area contributed by atoms with E-state index >= 15 is 0 Å². The van der Waals surface area contributed by atoms with Crippen molar-refractivity contribution < 1.29 is 19.8 Å². The van der Waals surface area contributed by atoms with Gasteiger partial charge in [0.2, 0.25) is 0 Å². The summed E-state index contributed by atoms with van der Waals surface area (Å²) in [5.74, 6) is -0.608. The normalized spacial score (nSPS) is 15.1. The molecule has 7 heteroatoms. The number of aromatic nitrogens is 1. The fraction of sp³-hybridized carbons (Fsp3) is 0.611. The monoisotopic (exact) mass is 351 g/mol. The van der Waals surface area contributed by atoms with Gasteiger partial charge in [0.05, 0.1) is 5.54 Å². The maximum absolute atomic E-state index is 12.5. The van der Waals surface area contributed by atoms with E-state index in [9.17, 15) is 19.8 Å². The zero-order valence-electron chi connectivity index (χ0n) is 15.4. The summed E-state index contributed by atoms with van der Waals surface area (Å²) in [4.78, 5) is 27.9. The third-order valence-electron chi connectivity index (χ3n) is 4.50. The fourth-order valence-corrected chi connectivity index (χ4v) is 2.90. The standard InChI is InChI=1S/C18H29N3O4/c1-5-6-9-18(17(2,3)4,21-16(24)25)14(22)15(23)20-12-13-8-7-10-19-11-13/h7-8,10-11,14,21-22H,5-6,9,12H2,1-4H3,(H,20,23)(H,24,25)/t14-,18?/m1/s1. The predicted molar refractivity (Wildman–Crippen MR) is 95.0 cm³/mol. The van der Waals surface area contributed by atoms with Gasteiger partial charge in [-0.3, -0.25) is 9.78 Å². The van der Waals surface area contributed by atoms with E-state index < -0.39 is 29.1 Å². The van der Waals surface area contributed by atoms with Crippen LogP contribution in [0.5, 0.6) is 0 Å². The van der Waals surface area contributed by atoms with Crippen molar-refractivity contribution in [3.05, 3.63) is 30.1 Å². The number of pyridine rings is 1. The van der Waals surface area contributed by atoms with Gasteiger partial charge in [-0.15, -0.1) is 0 Å². The molecule has 0 aliphatic rings. The number of nitrogens with zero attached hydrogens (tertiary/aromatic N) is 1. The molecule has 4 N–H and O–H groups in total. The summed E-state index contributed by atoms with van der Waals surface area (Å²) in [5.41, 5.74) is -1.15. The molecule has 0 fully saturated rings. The number of aliphatic hydroxyl groups excluding tert-OH is 1. The highest BCUT2D eigenvalue weighted by Crippen LogP contribution is 2.38. The van der Waals surface area contributed by atoms with Crippen LogP contribution in [0.3, 0.4) is 0 Å². The number of unbranched alkanes of at least 4 members (excludes halogenated alkanes) is 1. The molecule has 1 unspecified atom stereocenters. The Labute approximate surface area is 148 Å². The van der Waals surface area contributed by atoms with Crippen molar-refractivity contribution in [3.63, 3.8) is 0 Å². The molecule has 0 bridgehead atoms. The van der Waals surface area contributed by atoms with Crippen molar-refractivity contribution in [2.75, 3.05) is 0 Å². The van der Waals surface area contributed by atoms with Gasteiger partial charge < -0.3 is 20.8 Å². The lowest BCUT2D eigenvalue weighted by atomic mass is 9.67. The number of aliphatic hydroxyl groups is 1. The third kappa shape index (κ3) is 5.42. The summed E-state index contributed by atoms with van der Waals surface area (Å²) < 4.78 is 0. The molecule has 1 heterocycles. The van der Waals surface area contributed by atoms with E-state index in [0.717, 1.165) is 12.0 Å². The lowest BCUT2D eigenvalue weighted by molar-refractivity contribution is -0.138. The predicted octanol–water partition coefficient (Wildman–Crippen LogP) is 2.30. The molecule has 2 atom stereocenters. The molecule has 0 aliphatic carbocycles. The molecular formula is C18H29N3O4. The minimum atomic E-state index is -1.51. The molecular weight excluding hydrogens is 322 g/mol. The topological polar surface area (TPSA) is 112 Å². The Kier molecular flexibility index (Phi) is 7.36. The lowest BCUT2D eigenvalue weighted by Gasteiger charge is -2.47. The number of hydrogen-bond acceptors (Lipinski definition) is 4. The van der Waals surface area contributed by atoms with Gasteiger partial charge in [0.25, 0.3) is 5.91 Å². The zero-order valence-corrected chi connectivity index (χ0v) is 15.4. The van der Waals surface area contributed by atoms with E-state index in [0.29, 0.717) is 12.8 Å². The third-order valence-corrected chi connectivity index (χ3v) is 4.50. The Balaban J connectivity index is 3.01. The molecule has 0 saturated heterocycles. The number of nitrogens with one attached hydrogen (secondary N) is 2. The van der Waals surface area contributed by atoms with Gasteiger partial charge >= 0.3 is 6.09 Å². The molecule has 1 rings (SSSR count). The van der Waals surface area contributed by atoms with Crippen LogP contribution in [0.15, 0.2) is 24.5 Å². The molecule has 1 aromatic rings. The maximum Gasteiger partial charge on any atom is 0.405 e. The first-order chi connectivity index (χ1) is 11.6. The summed E-state index contributed by atoms with van der Waals surface area (Å²) in [6.45, 7) is 7.64. The first-order valence-corrected chi connectivity index (χ1v) is 8.50. The summed E-state index contributed by atoms with van der Waals surface area (Å²) >= 11 is 0. The van der Waals surface area contributed by atoms with E-state index in [-0.39, 0.29) is 6.54 Å². The van der Waals surface area contributed by atoms with Crippen molar-refractivity contribution in [1.29, 1.82) is 0 Å². The zero-order chi connectivity index (χ0) is 19.1. The summed E-state index contributed by atoms with van der Waals surface area (Å²) in [7, 11) is 0. The van der Waals surface area contributed by atoms with Crippen LogP contribution in [0.25, 0.3) is 0 Å². The highest BCUT2D eigenvalue weighted by atomic mass is 16.4. The van der Waals surface area contributed by atoms with Gasteiger partial charge in [-0.25, -0.2) is 4.79 Å². The molecule has 140 valence electrons. The SMILES string of the molecule is CCCCC(NC(=O)O)([C@H](O)C(=O)NCc1cccnc1)C(C)(C)C. The highest BCUT2D eigenvalue weighted by Gasteiger charge is 2.51. The summed E-state index contributed by atoms with van der Waals surface area (Å²) in [6, 6.07) is 3.56. The molecule has 0 radical (unpaired) electrons. The first-order valence-electron chi connectivity index (χ1n) is 8.50. The number of amides is 2. The Morgan fingerprint density at radius 1 is 1.32 bits per heavy atom. The fourth-order valence-electron chi connectivity index (χ4n) is 2.90. The van der Waals surface area contributed by atoms with Crippen molar-refractivity contribution in [1.82, 2.24) is 15.6 Å². The van der Waals surface area contributed by atoms with E-state index in [1.165, 1.54) is 0 Å². The van der Waals surface area contributed by atoms with E-state index in [4.69, 9.17) is 0 Å². The van der Waals surface area contributed by atoms with E-state index in [2.05, 4.69) is 15.6 Å². The van der Waals surface area contributed by atoms with Crippen LogP contribution < -0.4 is 10.6 Å². The second kappa shape index (κ2) is 8.80. The van der Waals surface area contributed by atoms with Gasteiger partial charge in [0.1, 0.15) is 0 Å². The Bertz CT molecular complexity index is 571. The maximum atomic E-state index is 12.5. The van der Waals surface area contributed by atoms with Crippen molar-refractivity contribution in [2.45, 2.75) is 65.1 Å². The Morgan fingerprint density at radius 3 is 2.48 bits per heavy atom. The van der Waals surface area contributed by atoms with Crippen LogP contribution in [0.2, 0.25) is 0 Å². The minimum Gasteiger partial charge on any atom is -0.465 e. The number of hydrogen-bond donors (Lipinski definition) is 4. The van der Waals surface area contributed by atoms with Gasteiger partial charge in [-0.1, -0.05) is 46.6 Å². The first kappa shape index (κ1) is 20.9.